The van der Waals surface area contributed by atoms with E-state index in [9.17, 15) is 12.8 Å². The molecule has 0 radical (unpaired) electrons. The van der Waals surface area contributed by atoms with Gasteiger partial charge in [0.05, 0.1) is 4.90 Å². The summed E-state index contributed by atoms with van der Waals surface area (Å²) in [5, 5.41) is 3.30. The normalized spacial score (nSPS) is 20.2. The van der Waals surface area contributed by atoms with E-state index < -0.39 is 15.8 Å². The van der Waals surface area contributed by atoms with Crippen molar-refractivity contribution in [2.24, 2.45) is 0 Å². The van der Waals surface area contributed by atoms with Gasteiger partial charge >= 0.3 is 0 Å². The van der Waals surface area contributed by atoms with E-state index in [0.29, 0.717) is 12.6 Å². The molecular formula is C12H17FN2O2S. The molecule has 1 saturated heterocycles. The minimum absolute atomic E-state index is 0.0260. The van der Waals surface area contributed by atoms with E-state index in [2.05, 4.69) is 10.0 Å². The van der Waals surface area contributed by atoms with Crippen LogP contribution in [-0.4, -0.2) is 27.5 Å². The fourth-order valence-corrected chi connectivity index (χ4v) is 3.17. The van der Waals surface area contributed by atoms with E-state index in [1.54, 1.807) is 0 Å². The van der Waals surface area contributed by atoms with Gasteiger partial charge < -0.3 is 5.32 Å². The summed E-state index contributed by atoms with van der Waals surface area (Å²) in [5.74, 6) is -0.546. The van der Waals surface area contributed by atoms with Crippen LogP contribution >= 0.6 is 0 Å². The Labute approximate surface area is 107 Å². The van der Waals surface area contributed by atoms with Crippen LogP contribution in [0.15, 0.2) is 29.2 Å². The van der Waals surface area contributed by atoms with Gasteiger partial charge in [-0.15, -0.1) is 0 Å². The molecule has 100 valence electrons. The Morgan fingerprint density at radius 3 is 2.94 bits per heavy atom. The van der Waals surface area contributed by atoms with E-state index in [4.69, 9.17) is 0 Å². The molecule has 1 atom stereocenters. The molecular weight excluding hydrogens is 255 g/mol. The van der Waals surface area contributed by atoms with Crippen molar-refractivity contribution in [1.82, 2.24) is 10.0 Å². The van der Waals surface area contributed by atoms with Crippen molar-refractivity contribution < 1.29 is 12.8 Å². The highest BCUT2D eigenvalue weighted by Crippen LogP contribution is 2.11. The molecule has 2 rings (SSSR count). The molecule has 0 aliphatic carbocycles. The number of benzene rings is 1. The smallest absolute Gasteiger partial charge is 0.240 e. The molecule has 1 heterocycles. The van der Waals surface area contributed by atoms with Gasteiger partial charge in [0.2, 0.25) is 10.0 Å². The third-order valence-electron chi connectivity index (χ3n) is 3.05. The lowest BCUT2D eigenvalue weighted by Gasteiger charge is -2.11. The Balaban J connectivity index is 1.90. The molecule has 1 aromatic rings. The molecule has 0 unspecified atom stereocenters. The lowest BCUT2D eigenvalue weighted by atomic mass is 10.2. The highest BCUT2D eigenvalue weighted by molar-refractivity contribution is 7.89. The van der Waals surface area contributed by atoms with Crippen molar-refractivity contribution in [1.29, 1.82) is 0 Å². The predicted molar refractivity (Wildman–Crippen MR) is 67.2 cm³/mol. The summed E-state index contributed by atoms with van der Waals surface area (Å²) in [4.78, 5) is -0.0260. The van der Waals surface area contributed by atoms with Crippen molar-refractivity contribution >= 4 is 10.0 Å². The Morgan fingerprint density at radius 2 is 2.28 bits per heavy atom. The fraction of sp³-hybridized carbons (Fsp3) is 0.500. The van der Waals surface area contributed by atoms with Crippen molar-refractivity contribution in [3.63, 3.8) is 0 Å². The van der Waals surface area contributed by atoms with Crippen molar-refractivity contribution in [3.8, 4) is 0 Å². The molecule has 1 fully saturated rings. The molecule has 6 heteroatoms. The lowest BCUT2D eigenvalue weighted by Crippen LogP contribution is -2.30. The number of hydrogen-bond donors (Lipinski definition) is 2. The van der Waals surface area contributed by atoms with Crippen LogP contribution in [-0.2, 0) is 10.0 Å². The number of sulfonamides is 1. The third-order valence-corrected chi connectivity index (χ3v) is 4.51. The van der Waals surface area contributed by atoms with Gasteiger partial charge in [0.25, 0.3) is 0 Å². The van der Waals surface area contributed by atoms with Crippen molar-refractivity contribution in [2.45, 2.75) is 30.2 Å². The second kappa shape index (κ2) is 5.77. The van der Waals surface area contributed by atoms with Crippen LogP contribution < -0.4 is 10.0 Å². The van der Waals surface area contributed by atoms with Gasteiger partial charge in [-0.05, 0) is 44.0 Å². The monoisotopic (exact) mass is 272 g/mol. The second-order valence-electron chi connectivity index (χ2n) is 4.44. The number of halogens is 1. The third kappa shape index (κ3) is 3.51. The van der Waals surface area contributed by atoms with Gasteiger partial charge in [-0.25, -0.2) is 17.5 Å². The molecule has 2 N–H and O–H groups in total. The van der Waals surface area contributed by atoms with Gasteiger partial charge in [0.1, 0.15) is 5.82 Å². The summed E-state index contributed by atoms with van der Waals surface area (Å²) in [6, 6.07) is 5.42. The van der Waals surface area contributed by atoms with E-state index >= 15 is 0 Å². The number of hydrogen-bond acceptors (Lipinski definition) is 3. The quantitative estimate of drug-likeness (QED) is 0.848. The second-order valence-corrected chi connectivity index (χ2v) is 6.20. The predicted octanol–water partition coefficient (Wildman–Crippen LogP) is 1.25. The largest absolute Gasteiger partial charge is 0.314 e. The Hall–Kier alpha value is -0.980. The van der Waals surface area contributed by atoms with Gasteiger partial charge in [-0.3, -0.25) is 0 Å². The average Bonchev–Trinajstić information content (AvgIpc) is 2.82. The molecule has 1 aliphatic heterocycles. The maximum Gasteiger partial charge on any atom is 0.240 e. The molecule has 4 nitrogen and oxygen atoms in total. The van der Waals surface area contributed by atoms with Gasteiger partial charge in [-0.1, -0.05) is 6.07 Å². The van der Waals surface area contributed by atoms with Crippen LogP contribution in [0.2, 0.25) is 0 Å². The van der Waals surface area contributed by atoms with Gasteiger partial charge in [0, 0.05) is 12.6 Å². The van der Waals surface area contributed by atoms with E-state index in [0.717, 1.165) is 31.9 Å². The first-order valence-corrected chi connectivity index (χ1v) is 7.55. The average molecular weight is 272 g/mol. The molecule has 0 aromatic heterocycles. The Kier molecular flexibility index (Phi) is 4.31. The molecule has 0 amide bonds. The standard InChI is InChI=1S/C12H17FN2O2S/c13-10-3-1-5-12(9-10)18(16,17)15-8-6-11-4-2-7-14-11/h1,3,5,9,11,14-15H,2,4,6-8H2/t11-/m0/s1. The summed E-state index contributed by atoms with van der Waals surface area (Å²) in [7, 11) is -3.59. The molecule has 0 bridgehead atoms. The Bertz CT molecular complexity index is 499. The number of nitrogens with one attached hydrogen (secondary N) is 2. The highest BCUT2D eigenvalue weighted by atomic mass is 32.2. The zero-order valence-electron chi connectivity index (χ0n) is 10.0. The zero-order chi connectivity index (χ0) is 13.0. The van der Waals surface area contributed by atoms with Crippen molar-refractivity contribution in [2.75, 3.05) is 13.1 Å². The summed E-state index contributed by atoms with van der Waals surface area (Å²) >= 11 is 0. The summed E-state index contributed by atoms with van der Waals surface area (Å²) < 4.78 is 39.2. The van der Waals surface area contributed by atoms with Crippen LogP contribution in [0, 0.1) is 5.82 Å². The number of rotatable bonds is 5. The van der Waals surface area contributed by atoms with Crippen LogP contribution in [0.25, 0.3) is 0 Å². The minimum atomic E-state index is -3.59. The summed E-state index contributed by atoms with van der Waals surface area (Å²) in [5.41, 5.74) is 0. The summed E-state index contributed by atoms with van der Waals surface area (Å²) in [6.07, 6.45) is 2.98. The van der Waals surface area contributed by atoms with E-state index in [1.807, 2.05) is 0 Å². The molecule has 1 aliphatic rings. The first kappa shape index (κ1) is 13.5. The fourth-order valence-electron chi connectivity index (χ4n) is 2.09. The topological polar surface area (TPSA) is 58.2 Å². The SMILES string of the molecule is O=S(=O)(NCC[C@@H]1CCCN1)c1cccc(F)c1. The van der Waals surface area contributed by atoms with Crippen LogP contribution in [0.3, 0.4) is 0 Å². The first-order valence-electron chi connectivity index (χ1n) is 6.06. The summed E-state index contributed by atoms with van der Waals surface area (Å²) in [6.45, 7) is 1.37. The van der Waals surface area contributed by atoms with E-state index in [1.165, 1.54) is 18.2 Å². The van der Waals surface area contributed by atoms with Crippen molar-refractivity contribution in [3.05, 3.63) is 30.1 Å². The lowest BCUT2D eigenvalue weighted by molar-refractivity contribution is 0.538. The highest BCUT2D eigenvalue weighted by Gasteiger charge is 2.17. The molecule has 0 saturated carbocycles. The molecule has 0 spiro atoms. The van der Waals surface area contributed by atoms with Crippen LogP contribution in [0.1, 0.15) is 19.3 Å². The first-order chi connectivity index (χ1) is 8.58. The van der Waals surface area contributed by atoms with E-state index in [-0.39, 0.29) is 4.90 Å². The van der Waals surface area contributed by atoms with Crippen LogP contribution in [0.4, 0.5) is 4.39 Å². The van der Waals surface area contributed by atoms with Gasteiger partial charge in [0.15, 0.2) is 0 Å². The Morgan fingerprint density at radius 1 is 1.44 bits per heavy atom. The van der Waals surface area contributed by atoms with Gasteiger partial charge in [-0.2, -0.15) is 0 Å². The molecule has 1 aromatic carbocycles. The minimum Gasteiger partial charge on any atom is -0.314 e. The molecule has 18 heavy (non-hydrogen) atoms. The maximum atomic E-state index is 13.0. The zero-order valence-corrected chi connectivity index (χ0v) is 10.8. The maximum absolute atomic E-state index is 13.0. The van der Waals surface area contributed by atoms with Crippen LogP contribution in [0.5, 0.6) is 0 Å².